The Labute approximate surface area is 112 Å². The molecule has 2 aromatic rings. The van der Waals surface area contributed by atoms with Gasteiger partial charge in [-0.2, -0.15) is 0 Å². The molecule has 4 heteroatoms. The summed E-state index contributed by atoms with van der Waals surface area (Å²) < 4.78 is 5.64. The van der Waals surface area contributed by atoms with Gasteiger partial charge in [-0.15, -0.1) is 0 Å². The summed E-state index contributed by atoms with van der Waals surface area (Å²) in [6.07, 6.45) is 7.95. The van der Waals surface area contributed by atoms with Gasteiger partial charge < -0.3 is 9.84 Å². The Morgan fingerprint density at radius 2 is 1.79 bits per heavy atom. The average Bonchev–Trinajstić information content (AvgIpc) is 2.48. The summed E-state index contributed by atoms with van der Waals surface area (Å²) in [5.74, 6) is 0.775. The van der Waals surface area contributed by atoms with Crippen molar-refractivity contribution in [3.63, 3.8) is 0 Å². The number of benzene rings is 1. The first kappa shape index (κ1) is 12.1. The van der Waals surface area contributed by atoms with Crippen molar-refractivity contribution >= 4 is 0 Å². The lowest BCUT2D eigenvalue weighted by atomic mass is 9.92. The quantitative estimate of drug-likeness (QED) is 0.917. The SMILES string of the molecule is OCc1cnc(Oc2ccc3c(c2)CCCC3)nc1. The molecular formula is C15H16N2O2. The molecule has 1 aromatic heterocycles. The van der Waals surface area contributed by atoms with Crippen LogP contribution in [-0.4, -0.2) is 15.1 Å². The van der Waals surface area contributed by atoms with Gasteiger partial charge in [0.25, 0.3) is 0 Å². The maximum Gasteiger partial charge on any atom is 0.321 e. The fourth-order valence-corrected chi connectivity index (χ4v) is 2.36. The zero-order valence-electron chi connectivity index (χ0n) is 10.7. The average molecular weight is 256 g/mol. The zero-order chi connectivity index (χ0) is 13.1. The van der Waals surface area contributed by atoms with Crippen LogP contribution in [0.2, 0.25) is 0 Å². The normalized spacial score (nSPS) is 13.9. The molecule has 1 aliphatic rings. The third-order valence-corrected chi connectivity index (χ3v) is 3.39. The first-order chi connectivity index (χ1) is 9.35. The highest BCUT2D eigenvalue weighted by Crippen LogP contribution is 2.27. The molecule has 0 atom stereocenters. The second-order valence-corrected chi connectivity index (χ2v) is 4.77. The second-order valence-electron chi connectivity index (χ2n) is 4.77. The van der Waals surface area contributed by atoms with Gasteiger partial charge in [-0.25, -0.2) is 9.97 Å². The lowest BCUT2D eigenvalue weighted by Crippen LogP contribution is -2.02. The Morgan fingerprint density at radius 3 is 2.53 bits per heavy atom. The van der Waals surface area contributed by atoms with Crippen molar-refractivity contribution < 1.29 is 9.84 Å². The highest BCUT2D eigenvalue weighted by Gasteiger charge is 2.10. The minimum Gasteiger partial charge on any atom is -0.424 e. The Balaban J connectivity index is 1.78. The number of ether oxygens (including phenoxy) is 1. The molecule has 98 valence electrons. The predicted molar refractivity (Wildman–Crippen MR) is 71.1 cm³/mol. The van der Waals surface area contributed by atoms with Crippen LogP contribution < -0.4 is 4.74 Å². The monoisotopic (exact) mass is 256 g/mol. The van der Waals surface area contributed by atoms with Gasteiger partial charge in [0, 0.05) is 18.0 Å². The molecule has 0 spiro atoms. The topological polar surface area (TPSA) is 55.2 Å². The van der Waals surface area contributed by atoms with E-state index in [0.29, 0.717) is 11.6 Å². The highest BCUT2D eigenvalue weighted by atomic mass is 16.5. The smallest absolute Gasteiger partial charge is 0.321 e. The number of hydrogen-bond acceptors (Lipinski definition) is 4. The minimum atomic E-state index is -0.0564. The van der Waals surface area contributed by atoms with Crippen molar-refractivity contribution in [3.8, 4) is 11.8 Å². The number of nitrogens with zero attached hydrogens (tertiary/aromatic N) is 2. The van der Waals surface area contributed by atoms with Crippen molar-refractivity contribution in [2.45, 2.75) is 32.3 Å². The summed E-state index contributed by atoms with van der Waals surface area (Å²) in [4.78, 5) is 8.13. The van der Waals surface area contributed by atoms with E-state index >= 15 is 0 Å². The summed E-state index contributed by atoms with van der Waals surface area (Å²) in [5, 5.41) is 8.93. The van der Waals surface area contributed by atoms with Gasteiger partial charge in [-0.3, -0.25) is 0 Å². The second kappa shape index (κ2) is 5.36. The molecule has 3 rings (SSSR count). The summed E-state index contributed by atoms with van der Waals surface area (Å²) in [6, 6.07) is 6.49. The molecule has 0 amide bonds. The van der Waals surface area contributed by atoms with Crippen LogP contribution in [0.4, 0.5) is 0 Å². The largest absolute Gasteiger partial charge is 0.424 e. The molecule has 19 heavy (non-hydrogen) atoms. The number of rotatable bonds is 3. The molecule has 1 aromatic carbocycles. The van der Waals surface area contributed by atoms with Gasteiger partial charge in [0.15, 0.2) is 0 Å². The van der Waals surface area contributed by atoms with E-state index < -0.39 is 0 Å². The van der Waals surface area contributed by atoms with Gasteiger partial charge >= 0.3 is 6.01 Å². The molecule has 0 saturated heterocycles. The van der Waals surface area contributed by atoms with Crippen LogP contribution in [0.25, 0.3) is 0 Å². The van der Waals surface area contributed by atoms with E-state index in [2.05, 4.69) is 22.1 Å². The summed E-state index contributed by atoms with van der Waals surface area (Å²) in [5.41, 5.74) is 3.48. The molecule has 1 aliphatic carbocycles. The Kier molecular flexibility index (Phi) is 3.42. The van der Waals surface area contributed by atoms with Gasteiger partial charge in [0.1, 0.15) is 5.75 Å². The van der Waals surface area contributed by atoms with Gasteiger partial charge in [-0.05, 0) is 48.9 Å². The fourth-order valence-electron chi connectivity index (χ4n) is 2.36. The van der Waals surface area contributed by atoms with E-state index in [-0.39, 0.29) is 6.61 Å². The molecule has 1 heterocycles. The fraction of sp³-hybridized carbons (Fsp3) is 0.333. The molecule has 0 saturated carbocycles. The van der Waals surface area contributed by atoms with Gasteiger partial charge in [0.05, 0.1) is 6.61 Å². The maximum absolute atomic E-state index is 8.93. The lowest BCUT2D eigenvalue weighted by Gasteiger charge is -2.16. The number of hydrogen-bond donors (Lipinski definition) is 1. The minimum absolute atomic E-state index is 0.0564. The Morgan fingerprint density at radius 1 is 1.05 bits per heavy atom. The lowest BCUT2D eigenvalue weighted by molar-refractivity contribution is 0.280. The number of aliphatic hydroxyl groups excluding tert-OH is 1. The molecule has 4 nitrogen and oxygen atoms in total. The Bertz CT molecular complexity index is 567. The van der Waals surface area contributed by atoms with Crippen molar-refractivity contribution in [3.05, 3.63) is 47.3 Å². The predicted octanol–water partition coefficient (Wildman–Crippen LogP) is 2.64. The summed E-state index contributed by atoms with van der Waals surface area (Å²) in [6.45, 7) is -0.0564. The van der Waals surface area contributed by atoms with E-state index in [4.69, 9.17) is 9.84 Å². The van der Waals surface area contributed by atoms with E-state index in [1.54, 1.807) is 12.4 Å². The molecule has 0 unspecified atom stereocenters. The van der Waals surface area contributed by atoms with Crippen molar-refractivity contribution in [2.24, 2.45) is 0 Å². The van der Waals surface area contributed by atoms with Crippen LogP contribution in [0.15, 0.2) is 30.6 Å². The number of aryl methyl sites for hydroxylation is 2. The first-order valence-corrected chi connectivity index (χ1v) is 6.56. The molecule has 0 fully saturated rings. The molecule has 0 radical (unpaired) electrons. The highest BCUT2D eigenvalue weighted by molar-refractivity contribution is 5.38. The van der Waals surface area contributed by atoms with Crippen molar-refractivity contribution in [1.82, 2.24) is 9.97 Å². The summed E-state index contributed by atoms with van der Waals surface area (Å²) >= 11 is 0. The van der Waals surface area contributed by atoms with Crippen molar-refractivity contribution in [1.29, 1.82) is 0 Å². The van der Waals surface area contributed by atoms with E-state index in [9.17, 15) is 0 Å². The standard InChI is InChI=1S/C15H16N2O2/c18-10-11-8-16-15(17-9-11)19-14-6-5-12-3-1-2-4-13(12)7-14/h5-9,18H,1-4,10H2. The van der Waals surface area contributed by atoms with Crippen LogP contribution in [0, 0.1) is 0 Å². The summed E-state index contributed by atoms with van der Waals surface area (Å²) in [7, 11) is 0. The zero-order valence-corrected chi connectivity index (χ0v) is 10.7. The molecule has 1 N–H and O–H groups in total. The van der Waals surface area contributed by atoms with Gasteiger partial charge in [0.2, 0.25) is 0 Å². The van der Waals surface area contributed by atoms with Crippen LogP contribution in [0.1, 0.15) is 29.5 Å². The Hall–Kier alpha value is -1.94. The van der Waals surface area contributed by atoms with E-state index in [1.807, 2.05) is 6.07 Å². The molecule has 0 bridgehead atoms. The third kappa shape index (κ3) is 2.74. The van der Waals surface area contributed by atoms with Crippen molar-refractivity contribution in [2.75, 3.05) is 0 Å². The number of aromatic nitrogens is 2. The van der Waals surface area contributed by atoms with Crippen LogP contribution in [0.5, 0.6) is 11.8 Å². The third-order valence-electron chi connectivity index (χ3n) is 3.39. The first-order valence-electron chi connectivity index (χ1n) is 6.56. The van der Waals surface area contributed by atoms with E-state index in [1.165, 1.54) is 24.0 Å². The maximum atomic E-state index is 8.93. The molecular weight excluding hydrogens is 240 g/mol. The molecule has 0 aliphatic heterocycles. The number of aliphatic hydroxyl groups is 1. The van der Waals surface area contributed by atoms with Crippen LogP contribution in [0.3, 0.4) is 0 Å². The van der Waals surface area contributed by atoms with E-state index in [0.717, 1.165) is 18.6 Å². The van der Waals surface area contributed by atoms with Crippen LogP contribution in [-0.2, 0) is 19.4 Å². The van der Waals surface area contributed by atoms with Gasteiger partial charge in [-0.1, -0.05) is 6.07 Å². The van der Waals surface area contributed by atoms with Crippen LogP contribution >= 0.6 is 0 Å². The number of fused-ring (bicyclic) bond motifs is 1.